The Bertz CT molecular complexity index is 1040. The lowest BCUT2D eigenvalue weighted by Crippen LogP contribution is -2.35. The van der Waals surface area contributed by atoms with Crippen LogP contribution in [0.2, 0.25) is 0 Å². The summed E-state index contributed by atoms with van der Waals surface area (Å²) in [5, 5.41) is 4.06. The molecule has 0 aliphatic carbocycles. The Balaban J connectivity index is 1.53. The molecule has 156 valence electrons. The van der Waals surface area contributed by atoms with E-state index < -0.39 is 5.82 Å². The molecule has 1 aliphatic heterocycles. The summed E-state index contributed by atoms with van der Waals surface area (Å²) in [5.41, 5.74) is 1.15. The van der Waals surface area contributed by atoms with Gasteiger partial charge in [0.05, 0.1) is 5.56 Å². The molecule has 0 unspecified atom stereocenters. The predicted octanol–water partition coefficient (Wildman–Crippen LogP) is 3.75. The molecule has 0 N–H and O–H groups in total. The maximum Gasteiger partial charge on any atom is 0.261 e. The summed E-state index contributed by atoms with van der Waals surface area (Å²) < 4.78 is 19.0. The fourth-order valence-corrected chi connectivity index (χ4v) is 3.53. The van der Waals surface area contributed by atoms with Crippen LogP contribution in [0.25, 0.3) is 11.5 Å². The van der Waals surface area contributed by atoms with E-state index in [1.807, 2.05) is 26.0 Å². The van der Waals surface area contributed by atoms with Gasteiger partial charge in [0.1, 0.15) is 11.6 Å². The fraction of sp³-hybridized carbons (Fsp3) is 0.364. The molecule has 7 nitrogen and oxygen atoms in total. The van der Waals surface area contributed by atoms with Gasteiger partial charge in [-0.2, -0.15) is 4.98 Å². The van der Waals surface area contributed by atoms with E-state index >= 15 is 0 Å². The molecule has 0 saturated carbocycles. The van der Waals surface area contributed by atoms with E-state index in [4.69, 9.17) is 4.52 Å². The quantitative estimate of drug-likeness (QED) is 0.653. The van der Waals surface area contributed by atoms with Gasteiger partial charge in [0.25, 0.3) is 11.8 Å². The second kappa shape index (κ2) is 8.61. The summed E-state index contributed by atoms with van der Waals surface area (Å²) in [5.74, 6) is 1.47. The summed E-state index contributed by atoms with van der Waals surface area (Å²) in [4.78, 5) is 25.8. The van der Waals surface area contributed by atoms with Crippen LogP contribution in [0.15, 0.2) is 47.1 Å². The Labute approximate surface area is 174 Å². The number of pyridine rings is 1. The van der Waals surface area contributed by atoms with Crippen molar-refractivity contribution in [3.05, 3.63) is 59.8 Å². The van der Waals surface area contributed by atoms with Gasteiger partial charge in [0.15, 0.2) is 5.82 Å². The maximum absolute atomic E-state index is 13.5. The number of rotatable bonds is 4. The normalized spacial score (nSPS) is 14.8. The third kappa shape index (κ3) is 4.17. The average molecular weight is 409 g/mol. The molecule has 4 rings (SSSR count). The highest BCUT2D eigenvalue weighted by molar-refractivity contribution is 5.94. The SMILES string of the molecule is CC(C)c1noc(-c2cccnc2N2CCCN(C(=O)c3cccc(F)c3)CC2)n1. The lowest BCUT2D eigenvalue weighted by Gasteiger charge is -2.24. The van der Waals surface area contributed by atoms with E-state index in [9.17, 15) is 9.18 Å². The van der Waals surface area contributed by atoms with E-state index in [2.05, 4.69) is 20.0 Å². The number of amides is 1. The van der Waals surface area contributed by atoms with Gasteiger partial charge in [-0.15, -0.1) is 0 Å². The number of benzene rings is 1. The summed E-state index contributed by atoms with van der Waals surface area (Å²) >= 11 is 0. The number of nitrogens with zero attached hydrogens (tertiary/aromatic N) is 5. The summed E-state index contributed by atoms with van der Waals surface area (Å²) in [7, 11) is 0. The topological polar surface area (TPSA) is 75.4 Å². The number of hydrogen-bond acceptors (Lipinski definition) is 6. The molecular weight excluding hydrogens is 385 g/mol. The van der Waals surface area contributed by atoms with Crippen molar-refractivity contribution < 1.29 is 13.7 Å². The first kappa shape index (κ1) is 20.0. The summed E-state index contributed by atoms with van der Waals surface area (Å²) in [6.07, 6.45) is 2.51. The lowest BCUT2D eigenvalue weighted by molar-refractivity contribution is 0.0766. The Kier molecular flexibility index (Phi) is 5.74. The number of hydrogen-bond donors (Lipinski definition) is 0. The number of aromatic nitrogens is 3. The van der Waals surface area contributed by atoms with Crippen LogP contribution >= 0.6 is 0 Å². The molecule has 30 heavy (non-hydrogen) atoms. The average Bonchev–Trinajstić information content (AvgIpc) is 3.12. The van der Waals surface area contributed by atoms with E-state index in [1.54, 1.807) is 23.2 Å². The molecule has 0 spiro atoms. The van der Waals surface area contributed by atoms with Gasteiger partial charge in [-0.25, -0.2) is 9.37 Å². The molecule has 2 aromatic heterocycles. The van der Waals surface area contributed by atoms with Crippen molar-refractivity contribution >= 4 is 11.7 Å². The molecule has 1 saturated heterocycles. The Morgan fingerprint density at radius 2 is 2.00 bits per heavy atom. The standard InChI is InChI=1S/C22H24FN5O2/c1-15(2)19-25-21(30-26-19)18-8-4-9-24-20(18)27-10-5-11-28(13-12-27)22(29)16-6-3-7-17(23)14-16/h3-4,6-9,14-15H,5,10-13H2,1-2H3. The molecule has 8 heteroatoms. The van der Waals surface area contributed by atoms with Crippen molar-refractivity contribution in [3.63, 3.8) is 0 Å². The summed E-state index contributed by atoms with van der Waals surface area (Å²) in [6.45, 7) is 6.49. The fourth-order valence-electron chi connectivity index (χ4n) is 3.53. The molecule has 0 bridgehead atoms. The van der Waals surface area contributed by atoms with Crippen LogP contribution in [0.5, 0.6) is 0 Å². The first-order chi connectivity index (χ1) is 14.5. The molecule has 1 aliphatic rings. The van der Waals surface area contributed by atoms with Crippen LogP contribution in [0, 0.1) is 5.82 Å². The highest BCUT2D eigenvalue weighted by Crippen LogP contribution is 2.29. The van der Waals surface area contributed by atoms with E-state index in [1.165, 1.54) is 12.1 Å². The first-order valence-corrected chi connectivity index (χ1v) is 10.1. The molecule has 3 aromatic rings. The third-order valence-corrected chi connectivity index (χ3v) is 5.13. The van der Waals surface area contributed by atoms with Crippen LogP contribution in [0.3, 0.4) is 0 Å². The van der Waals surface area contributed by atoms with Crippen LogP contribution in [0.1, 0.15) is 42.4 Å². The Hall–Kier alpha value is -3.29. The van der Waals surface area contributed by atoms with Crippen molar-refractivity contribution in [3.8, 4) is 11.5 Å². The second-order valence-corrected chi connectivity index (χ2v) is 7.63. The number of carbonyl (C=O) groups is 1. The zero-order chi connectivity index (χ0) is 21.1. The molecule has 1 amide bonds. The molecule has 0 atom stereocenters. The lowest BCUT2D eigenvalue weighted by atomic mass is 10.2. The van der Waals surface area contributed by atoms with Crippen molar-refractivity contribution in [2.75, 3.05) is 31.1 Å². The Morgan fingerprint density at radius 1 is 1.13 bits per heavy atom. The van der Waals surface area contributed by atoms with Gasteiger partial charge in [0, 0.05) is 43.9 Å². The van der Waals surface area contributed by atoms with Crippen molar-refractivity contribution in [2.24, 2.45) is 0 Å². The zero-order valence-corrected chi connectivity index (χ0v) is 17.1. The van der Waals surface area contributed by atoms with Crippen molar-refractivity contribution in [1.29, 1.82) is 0 Å². The largest absolute Gasteiger partial charge is 0.354 e. The monoisotopic (exact) mass is 409 g/mol. The van der Waals surface area contributed by atoms with Crippen LogP contribution in [-0.4, -0.2) is 52.1 Å². The molecule has 3 heterocycles. The van der Waals surface area contributed by atoms with Crippen LogP contribution in [-0.2, 0) is 0 Å². The molecule has 1 fully saturated rings. The minimum Gasteiger partial charge on any atom is -0.354 e. The van der Waals surface area contributed by atoms with Gasteiger partial charge in [-0.1, -0.05) is 25.1 Å². The van der Waals surface area contributed by atoms with E-state index in [0.29, 0.717) is 36.9 Å². The smallest absolute Gasteiger partial charge is 0.261 e. The number of carbonyl (C=O) groups excluding carboxylic acids is 1. The summed E-state index contributed by atoms with van der Waals surface area (Å²) in [6, 6.07) is 9.58. The first-order valence-electron chi connectivity index (χ1n) is 10.1. The Morgan fingerprint density at radius 3 is 2.77 bits per heavy atom. The maximum atomic E-state index is 13.5. The minimum atomic E-state index is -0.407. The van der Waals surface area contributed by atoms with Gasteiger partial charge < -0.3 is 14.3 Å². The number of halogens is 1. The van der Waals surface area contributed by atoms with Gasteiger partial charge in [-0.05, 0) is 36.8 Å². The molecule has 0 radical (unpaired) electrons. The second-order valence-electron chi connectivity index (χ2n) is 7.63. The van der Waals surface area contributed by atoms with Crippen molar-refractivity contribution in [1.82, 2.24) is 20.0 Å². The highest BCUT2D eigenvalue weighted by atomic mass is 19.1. The highest BCUT2D eigenvalue weighted by Gasteiger charge is 2.24. The van der Waals surface area contributed by atoms with Crippen molar-refractivity contribution in [2.45, 2.75) is 26.2 Å². The number of anilines is 1. The van der Waals surface area contributed by atoms with Crippen LogP contribution < -0.4 is 4.90 Å². The molecule has 1 aromatic carbocycles. The predicted molar refractivity (Wildman–Crippen MR) is 111 cm³/mol. The van der Waals surface area contributed by atoms with Crippen LogP contribution in [0.4, 0.5) is 10.2 Å². The van der Waals surface area contributed by atoms with Gasteiger partial charge in [-0.3, -0.25) is 4.79 Å². The third-order valence-electron chi connectivity index (χ3n) is 5.13. The zero-order valence-electron chi connectivity index (χ0n) is 17.1. The van der Waals surface area contributed by atoms with Gasteiger partial charge >= 0.3 is 0 Å². The minimum absolute atomic E-state index is 0.156. The van der Waals surface area contributed by atoms with Gasteiger partial charge in [0.2, 0.25) is 0 Å². The van der Waals surface area contributed by atoms with E-state index in [0.717, 1.165) is 24.3 Å². The molecular formula is C22H24FN5O2. The van der Waals surface area contributed by atoms with E-state index in [-0.39, 0.29) is 11.8 Å².